The number of aliphatic hydroxyl groups excluding tert-OH is 1. The number of thiophene rings is 1. The van der Waals surface area contributed by atoms with Crippen molar-refractivity contribution in [1.82, 2.24) is 4.90 Å². The Morgan fingerprint density at radius 3 is 2.69 bits per heavy atom. The Morgan fingerprint density at radius 2 is 2.00 bits per heavy atom. The number of nitrogens with zero attached hydrogens (tertiary/aromatic N) is 1. The number of hydrogen-bond donors (Lipinski definition) is 1. The summed E-state index contributed by atoms with van der Waals surface area (Å²) in [6.07, 6.45) is -1.66. The van der Waals surface area contributed by atoms with Crippen LogP contribution < -0.4 is 0 Å². The molecule has 1 saturated heterocycles. The lowest BCUT2D eigenvalue weighted by Gasteiger charge is -2.44. The van der Waals surface area contributed by atoms with Crippen LogP contribution in [0.1, 0.15) is 52.3 Å². The smallest absolute Gasteiger partial charge is 0.387 e. The second-order valence-electron chi connectivity index (χ2n) is 7.94. The number of piperidine rings is 1. The number of halogens is 3. The zero-order valence-electron chi connectivity index (χ0n) is 16.5. The summed E-state index contributed by atoms with van der Waals surface area (Å²) in [4.78, 5) is 4.95. The fourth-order valence-electron chi connectivity index (χ4n) is 4.43. The third-order valence-electron chi connectivity index (χ3n) is 6.10. The van der Waals surface area contributed by atoms with Crippen LogP contribution in [0.15, 0.2) is 30.3 Å². The van der Waals surface area contributed by atoms with Crippen LogP contribution in [0.3, 0.4) is 0 Å². The topological polar surface area (TPSA) is 32.7 Å². The van der Waals surface area contributed by atoms with E-state index >= 15 is 0 Å². The molecule has 1 atom stereocenters. The van der Waals surface area contributed by atoms with Gasteiger partial charge in [-0.3, -0.25) is 0 Å². The third-order valence-corrected chi connectivity index (χ3v) is 7.44. The van der Waals surface area contributed by atoms with Crippen molar-refractivity contribution in [2.75, 3.05) is 26.2 Å². The standard InChI is InChI=1S/C22H26F3NO2S/c1-2-17-13-18-20(29-17)6-11-28-21(18)7-9-26(10-8-21)14-19(27)15-4-3-5-16(12-15)22(23,24)25/h3-5,12-13,19,27H,2,6-11,14H2,1H3. The van der Waals surface area contributed by atoms with Crippen LogP contribution >= 0.6 is 11.3 Å². The molecule has 1 aromatic carbocycles. The van der Waals surface area contributed by atoms with E-state index in [1.807, 2.05) is 11.3 Å². The van der Waals surface area contributed by atoms with Gasteiger partial charge in [-0.05, 0) is 48.6 Å². The minimum absolute atomic E-state index is 0.241. The number of aliphatic hydroxyl groups is 1. The van der Waals surface area contributed by atoms with Gasteiger partial charge in [0.25, 0.3) is 0 Å². The summed E-state index contributed by atoms with van der Waals surface area (Å²) in [5.41, 5.74) is 0.680. The van der Waals surface area contributed by atoms with E-state index in [4.69, 9.17) is 4.74 Å². The number of aryl methyl sites for hydroxylation is 1. The summed E-state index contributed by atoms with van der Waals surface area (Å²) >= 11 is 1.89. The molecular formula is C22H26F3NO2S. The van der Waals surface area contributed by atoms with E-state index in [0.717, 1.165) is 57.5 Å². The summed E-state index contributed by atoms with van der Waals surface area (Å²) in [5, 5.41) is 10.5. The number of rotatable bonds is 4. The van der Waals surface area contributed by atoms with Gasteiger partial charge in [-0.2, -0.15) is 13.2 Å². The molecule has 7 heteroatoms. The van der Waals surface area contributed by atoms with E-state index in [1.54, 1.807) is 6.07 Å². The summed E-state index contributed by atoms with van der Waals surface area (Å²) in [6, 6.07) is 7.28. The molecule has 3 nitrogen and oxygen atoms in total. The van der Waals surface area contributed by atoms with Gasteiger partial charge in [0.1, 0.15) is 0 Å². The van der Waals surface area contributed by atoms with Crippen LogP contribution in [-0.4, -0.2) is 36.2 Å². The van der Waals surface area contributed by atoms with E-state index < -0.39 is 17.8 Å². The Morgan fingerprint density at radius 1 is 1.24 bits per heavy atom. The molecule has 2 aromatic rings. The van der Waals surface area contributed by atoms with Crippen LogP contribution in [0.25, 0.3) is 0 Å². The molecule has 2 aliphatic heterocycles. The second-order valence-corrected chi connectivity index (χ2v) is 9.16. The molecule has 0 aliphatic carbocycles. The van der Waals surface area contributed by atoms with Crippen molar-refractivity contribution in [3.05, 3.63) is 56.8 Å². The van der Waals surface area contributed by atoms with Gasteiger partial charge in [0.2, 0.25) is 0 Å². The lowest BCUT2D eigenvalue weighted by Crippen LogP contribution is -2.47. The van der Waals surface area contributed by atoms with E-state index in [0.29, 0.717) is 12.1 Å². The number of likely N-dealkylation sites (tertiary alicyclic amines) is 1. The van der Waals surface area contributed by atoms with Crippen molar-refractivity contribution < 1.29 is 23.0 Å². The lowest BCUT2D eigenvalue weighted by molar-refractivity contribution is -0.137. The Hall–Kier alpha value is -1.41. The molecule has 29 heavy (non-hydrogen) atoms. The maximum Gasteiger partial charge on any atom is 0.416 e. The average Bonchev–Trinajstić information content (AvgIpc) is 3.14. The first-order valence-corrected chi connectivity index (χ1v) is 11.0. The highest BCUT2D eigenvalue weighted by Crippen LogP contribution is 2.45. The first-order valence-electron chi connectivity index (χ1n) is 10.1. The first-order chi connectivity index (χ1) is 13.8. The SMILES string of the molecule is CCc1cc2c(s1)CCOC21CCN(CC(O)c2cccc(C(F)(F)F)c2)CC1. The van der Waals surface area contributed by atoms with Crippen LogP contribution in [0.5, 0.6) is 0 Å². The molecular weight excluding hydrogens is 399 g/mol. The van der Waals surface area contributed by atoms with E-state index in [1.165, 1.54) is 21.4 Å². The molecule has 1 N–H and O–H groups in total. The Balaban J connectivity index is 1.42. The van der Waals surface area contributed by atoms with E-state index in [9.17, 15) is 18.3 Å². The molecule has 4 rings (SSSR count). The fourth-order valence-corrected chi connectivity index (χ4v) is 5.61. The zero-order valence-corrected chi connectivity index (χ0v) is 17.3. The summed E-state index contributed by atoms with van der Waals surface area (Å²) in [6.45, 7) is 4.75. The van der Waals surface area contributed by atoms with Gasteiger partial charge in [-0.25, -0.2) is 0 Å². The number of benzene rings is 1. The number of alkyl halides is 3. The Bertz CT molecular complexity index is 856. The molecule has 0 amide bonds. The second kappa shape index (κ2) is 8.02. The van der Waals surface area contributed by atoms with Gasteiger partial charge in [-0.1, -0.05) is 19.1 Å². The highest BCUT2D eigenvalue weighted by molar-refractivity contribution is 7.12. The molecule has 3 heterocycles. The van der Waals surface area contributed by atoms with Gasteiger partial charge in [0, 0.05) is 35.8 Å². The predicted octanol–water partition coefficient (Wildman–Crippen LogP) is 4.93. The number of β-amino-alcohol motifs (C(OH)–C–C–N with tert-alkyl or cyclic N) is 1. The Labute approximate surface area is 173 Å². The quantitative estimate of drug-likeness (QED) is 0.754. The number of ether oxygens (including phenoxy) is 1. The lowest BCUT2D eigenvalue weighted by atomic mass is 9.82. The van der Waals surface area contributed by atoms with E-state index in [-0.39, 0.29) is 5.60 Å². The monoisotopic (exact) mass is 425 g/mol. The van der Waals surface area contributed by atoms with Crippen LogP contribution in [-0.2, 0) is 29.4 Å². The van der Waals surface area contributed by atoms with Crippen molar-refractivity contribution in [2.45, 2.75) is 50.5 Å². The van der Waals surface area contributed by atoms with Crippen molar-refractivity contribution in [2.24, 2.45) is 0 Å². The van der Waals surface area contributed by atoms with Gasteiger partial charge < -0.3 is 14.7 Å². The summed E-state index contributed by atoms with van der Waals surface area (Å²) < 4.78 is 45.1. The first kappa shape index (κ1) is 20.8. The maximum absolute atomic E-state index is 12.9. The molecule has 2 aliphatic rings. The minimum atomic E-state index is -4.40. The van der Waals surface area contributed by atoms with Crippen LogP contribution in [0, 0.1) is 0 Å². The van der Waals surface area contributed by atoms with Crippen LogP contribution in [0.4, 0.5) is 13.2 Å². The Kier molecular flexibility index (Phi) is 5.77. The van der Waals surface area contributed by atoms with Gasteiger partial charge in [0.05, 0.1) is 23.9 Å². The van der Waals surface area contributed by atoms with Crippen molar-refractivity contribution in [3.8, 4) is 0 Å². The maximum atomic E-state index is 12.9. The van der Waals surface area contributed by atoms with Crippen molar-refractivity contribution in [3.63, 3.8) is 0 Å². The molecule has 1 aromatic heterocycles. The van der Waals surface area contributed by atoms with Crippen molar-refractivity contribution >= 4 is 11.3 Å². The van der Waals surface area contributed by atoms with Gasteiger partial charge in [0.15, 0.2) is 0 Å². The molecule has 0 saturated carbocycles. The molecule has 1 fully saturated rings. The highest BCUT2D eigenvalue weighted by Gasteiger charge is 2.42. The average molecular weight is 426 g/mol. The van der Waals surface area contributed by atoms with E-state index in [2.05, 4.69) is 17.9 Å². The predicted molar refractivity (Wildman–Crippen MR) is 107 cm³/mol. The normalized spacial score (nSPS) is 20.6. The molecule has 1 spiro atoms. The largest absolute Gasteiger partial charge is 0.416 e. The number of fused-ring (bicyclic) bond motifs is 2. The van der Waals surface area contributed by atoms with Gasteiger partial charge >= 0.3 is 6.18 Å². The minimum Gasteiger partial charge on any atom is -0.387 e. The summed E-state index contributed by atoms with van der Waals surface area (Å²) in [5.74, 6) is 0. The zero-order chi connectivity index (χ0) is 20.6. The van der Waals surface area contributed by atoms with Gasteiger partial charge in [-0.15, -0.1) is 11.3 Å². The fraction of sp³-hybridized carbons (Fsp3) is 0.545. The molecule has 0 bridgehead atoms. The van der Waals surface area contributed by atoms with Crippen molar-refractivity contribution in [1.29, 1.82) is 0 Å². The molecule has 158 valence electrons. The highest BCUT2D eigenvalue weighted by atomic mass is 32.1. The molecule has 0 radical (unpaired) electrons. The number of hydrogen-bond acceptors (Lipinski definition) is 4. The molecule has 1 unspecified atom stereocenters. The van der Waals surface area contributed by atoms with Crippen LogP contribution in [0.2, 0.25) is 0 Å². The summed E-state index contributed by atoms with van der Waals surface area (Å²) in [7, 11) is 0. The third kappa shape index (κ3) is 4.24.